The molecule has 4 heterocycles. The number of nitrogens with one attached hydrogen (secondary N) is 1. The molecular formula is C26H28F2N8O. The van der Waals surface area contributed by atoms with Crippen LogP contribution in [0.3, 0.4) is 0 Å². The maximum absolute atomic E-state index is 14.6. The van der Waals surface area contributed by atoms with Crippen LogP contribution < -0.4 is 10.2 Å². The van der Waals surface area contributed by atoms with Crippen molar-refractivity contribution in [2.24, 2.45) is 7.05 Å². The zero-order valence-electron chi connectivity index (χ0n) is 20.5. The Morgan fingerprint density at radius 2 is 1.92 bits per heavy atom. The van der Waals surface area contributed by atoms with E-state index >= 15 is 0 Å². The largest absolute Gasteiger partial charge is 0.364 e. The van der Waals surface area contributed by atoms with Crippen LogP contribution in [0.4, 0.5) is 14.5 Å². The highest BCUT2D eigenvalue weighted by Crippen LogP contribution is 2.38. The van der Waals surface area contributed by atoms with Crippen molar-refractivity contribution in [3.8, 4) is 0 Å². The van der Waals surface area contributed by atoms with Crippen LogP contribution in [0.25, 0.3) is 5.52 Å². The summed E-state index contributed by atoms with van der Waals surface area (Å²) >= 11 is 0. The van der Waals surface area contributed by atoms with Crippen LogP contribution in [-0.2, 0) is 7.05 Å². The number of halogens is 2. The van der Waals surface area contributed by atoms with Gasteiger partial charge in [-0.25, -0.2) is 18.0 Å². The van der Waals surface area contributed by atoms with Gasteiger partial charge < -0.3 is 10.2 Å². The number of fused-ring (bicyclic) bond motifs is 1. The second-order valence-electron chi connectivity index (χ2n) is 9.97. The van der Waals surface area contributed by atoms with Crippen LogP contribution in [0.5, 0.6) is 0 Å². The lowest BCUT2D eigenvalue weighted by Gasteiger charge is -2.28. The van der Waals surface area contributed by atoms with Gasteiger partial charge in [-0.1, -0.05) is 0 Å². The minimum atomic E-state index is -0.448. The van der Waals surface area contributed by atoms with Gasteiger partial charge in [-0.3, -0.25) is 4.79 Å². The summed E-state index contributed by atoms with van der Waals surface area (Å²) in [5.41, 5.74) is 2.39. The van der Waals surface area contributed by atoms with Gasteiger partial charge in [0.25, 0.3) is 5.91 Å². The quantitative estimate of drug-likeness (QED) is 0.441. The molecule has 0 radical (unpaired) electrons. The van der Waals surface area contributed by atoms with Crippen molar-refractivity contribution >= 4 is 17.1 Å². The predicted octanol–water partition coefficient (Wildman–Crippen LogP) is 3.93. The van der Waals surface area contributed by atoms with Crippen LogP contribution >= 0.6 is 0 Å². The molecule has 1 aliphatic carbocycles. The summed E-state index contributed by atoms with van der Waals surface area (Å²) in [6, 6.07) is 7.22. The van der Waals surface area contributed by atoms with E-state index in [0.29, 0.717) is 22.6 Å². The SMILES string of the molecule is Cn1nnnc1C1CCC(NC(=O)c2cnn3ccc(N4CCC[C@@H]4c4cc(F)ccc4F)cc23)CC1. The first-order chi connectivity index (χ1) is 18.0. The minimum Gasteiger partial charge on any atom is -0.364 e. The van der Waals surface area contributed by atoms with Crippen LogP contribution in [0.1, 0.15) is 72.2 Å². The summed E-state index contributed by atoms with van der Waals surface area (Å²) in [4.78, 5) is 15.3. The number of amides is 1. The van der Waals surface area contributed by atoms with Crippen molar-refractivity contribution in [1.82, 2.24) is 35.1 Å². The molecule has 2 aliphatic rings. The van der Waals surface area contributed by atoms with Gasteiger partial charge in [0.1, 0.15) is 11.6 Å². The van der Waals surface area contributed by atoms with Crippen LogP contribution in [0, 0.1) is 11.6 Å². The van der Waals surface area contributed by atoms with Gasteiger partial charge >= 0.3 is 0 Å². The molecule has 2 fully saturated rings. The molecule has 6 rings (SSSR count). The third kappa shape index (κ3) is 4.42. The predicted molar refractivity (Wildman–Crippen MR) is 132 cm³/mol. The highest BCUT2D eigenvalue weighted by molar-refractivity contribution is 6.01. The number of pyridine rings is 1. The third-order valence-corrected chi connectivity index (χ3v) is 7.73. The third-order valence-electron chi connectivity index (χ3n) is 7.73. The molecule has 1 N–H and O–H groups in total. The van der Waals surface area contributed by atoms with E-state index in [2.05, 4.69) is 30.8 Å². The fourth-order valence-electron chi connectivity index (χ4n) is 5.83. The summed E-state index contributed by atoms with van der Waals surface area (Å²) in [5, 5.41) is 19.3. The van der Waals surface area contributed by atoms with E-state index in [9.17, 15) is 13.6 Å². The number of benzene rings is 1. The van der Waals surface area contributed by atoms with Gasteiger partial charge in [-0.15, -0.1) is 5.10 Å². The lowest BCUT2D eigenvalue weighted by atomic mass is 9.85. The number of nitrogens with zero attached hydrogens (tertiary/aromatic N) is 7. The number of hydrogen-bond donors (Lipinski definition) is 1. The van der Waals surface area contributed by atoms with Crippen molar-refractivity contribution in [2.75, 3.05) is 11.4 Å². The van der Waals surface area contributed by atoms with Gasteiger partial charge in [-0.05, 0) is 79.3 Å². The van der Waals surface area contributed by atoms with E-state index in [1.54, 1.807) is 21.6 Å². The Balaban J connectivity index is 1.19. The van der Waals surface area contributed by atoms with E-state index in [0.717, 1.165) is 62.6 Å². The minimum absolute atomic E-state index is 0.0713. The first-order valence-corrected chi connectivity index (χ1v) is 12.7. The van der Waals surface area contributed by atoms with E-state index in [-0.39, 0.29) is 18.0 Å². The van der Waals surface area contributed by atoms with Crippen LogP contribution in [0.15, 0.2) is 42.7 Å². The molecule has 1 amide bonds. The standard InChI is InChI=1S/C26H28F2N8O/c1-34-25(31-32-33-34)16-4-7-18(8-5-16)30-26(37)21-15-29-36-12-10-19(14-24(21)36)35-11-2-3-23(35)20-13-17(27)6-9-22(20)28/h6,9-10,12-16,18,23H,2-5,7-8,11H2,1H3,(H,30,37)/t16?,18?,23-/m1/s1. The maximum Gasteiger partial charge on any atom is 0.255 e. The molecule has 11 heteroatoms. The fourth-order valence-corrected chi connectivity index (χ4v) is 5.83. The van der Waals surface area contributed by atoms with E-state index in [1.807, 2.05) is 19.2 Å². The van der Waals surface area contributed by atoms with Crippen molar-refractivity contribution in [1.29, 1.82) is 0 Å². The molecule has 192 valence electrons. The van der Waals surface area contributed by atoms with Gasteiger partial charge in [0, 0.05) is 43.0 Å². The maximum atomic E-state index is 14.6. The van der Waals surface area contributed by atoms with Gasteiger partial charge in [0.05, 0.1) is 23.3 Å². The topological polar surface area (TPSA) is 93.2 Å². The lowest BCUT2D eigenvalue weighted by Crippen LogP contribution is -2.37. The lowest BCUT2D eigenvalue weighted by molar-refractivity contribution is 0.0927. The van der Waals surface area contributed by atoms with Gasteiger partial charge in [-0.2, -0.15) is 5.10 Å². The van der Waals surface area contributed by atoms with Crippen molar-refractivity contribution < 1.29 is 13.6 Å². The molecule has 0 bridgehead atoms. The number of rotatable bonds is 5. The first-order valence-electron chi connectivity index (χ1n) is 12.7. The molecule has 0 unspecified atom stereocenters. The van der Waals surface area contributed by atoms with Crippen molar-refractivity contribution in [2.45, 2.75) is 56.5 Å². The Labute approximate surface area is 212 Å². The normalized spacial score (nSPS) is 22.0. The van der Waals surface area contributed by atoms with E-state index in [4.69, 9.17) is 0 Å². The number of carbonyl (C=O) groups is 1. The molecule has 1 saturated heterocycles. The summed E-state index contributed by atoms with van der Waals surface area (Å²) in [7, 11) is 1.85. The number of aryl methyl sites for hydroxylation is 1. The molecule has 1 saturated carbocycles. The summed E-state index contributed by atoms with van der Waals surface area (Å²) in [6.07, 6.45) is 8.50. The molecule has 37 heavy (non-hydrogen) atoms. The zero-order valence-corrected chi connectivity index (χ0v) is 20.5. The number of carbonyl (C=O) groups excluding carboxylic acids is 1. The number of tetrazole rings is 1. The monoisotopic (exact) mass is 506 g/mol. The summed E-state index contributed by atoms with van der Waals surface area (Å²) < 4.78 is 31.8. The van der Waals surface area contributed by atoms with Crippen molar-refractivity contribution in [3.05, 3.63) is 71.3 Å². The van der Waals surface area contributed by atoms with Gasteiger partial charge in [0.15, 0.2) is 5.82 Å². The first kappa shape index (κ1) is 23.5. The summed E-state index contributed by atoms with van der Waals surface area (Å²) in [6.45, 7) is 0.719. The number of aromatic nitrogens is 6. The fraction of sp³-hybridized carbons (Fsp3) is 0.423. The van der Waals surface area contributed by atoms with E-state index < -0.39 is 11.6 Å². The summed E-state index contributed by atoms with van der Waals surface area (Å²) in [5.74, 6) is 0.164. The Morgan fingerprint density at radius 3 is 2.70 bits per heavy atom. The molecule has 4 aromatic rings. The molecule has 1 aliphatic heterocycles. The zero-order chi connectivity index (χ0) is 25.5. The molecular weight excluding hydrogens is 478 g/mol. The van der Waals surface area contributed by atoms with E-state index in [1.165, 1.54) is 12.1 Å². The highest BCUT2D eigenvalue weighted by Gasteiger charge is 2.30. The average molecular weight is 507 g/mol. The molecule has 1 aromatic carbocycles. The Bertz CT molecular complexity index is 1440. The van der Waals surface area contributed by atoms with Crippen LogP contribution in [-0.4, -0.2) is 48.3 Å². The molecule has 9 nitrogen and oxygen atoms in total. The molecule has 0 spiro atoms. The highest BCUT2D eigenvalue weighted by atomic mass is 19.1. The molecule has 3 aromatic heterocycles. The van der Waals surface area contributed by atoms with Crippen LogP contribution in [0.2, 0.25) is 0 Å². The Kier molecular flexibility index (Phi) is 6.05. The Morgan fingerprint density at radius 1 is 1.08 bits per heavy atom. The van der Waals surface area contributed by atoms with Crippen molar-refractivity contribution in [3.63, 3.8) is 0 Å². The second kappa shape index (κ2) is 9.53. The number of hydrogen-bond acceptors (Lipinski definition) is 6. The average Bonchev–Trinajstić information content (AvgIpc) is 3.65. The smallest absolute Gasteiger partial charge is 0.255 e. The number of anilines is 1. The Hall–Kier alpha value is -3.89. The molecule has 1 atom stereocenters. The second-order valence-corrected chi connectivity index (χ2v) is 9.97. The van der Waals surface area contributed by atoms with Gasteiger partial charge in [0.2, 0.25) is 0 Å².